The number of aromatic nitrogens is 4. The number of halogens is 1. The Labute approximate surface area is 159 Å². The third-order valence-electron chi connectivity index (χ3n) is 4.47. The highest BCUT2D eigenvalue weighted by molar-refractivity contribution is 6.31. The van der Waals surface area contributed by atoms with Crippen molar-refractivity contribution in [1.29, 1.82) is 5.26 Å². The fourth-order valence-electron chi connectivity index (χ4n) is 3.09. The maximum Gasteiger partial charge on any atom is 0.290 e. The lowest BCUT2D eigenvalue weighted by molar-refractivity contribution is 0.761. The molecule has 0 aliphatic heterocycles. The molecule has 4 rings (SSSR count). The molecule has 1 atom stereocenters. The lowest BCUT2D eigenvalue weighted by Crippen LogP contribution is -2.24. The Morgan fingerprint density at radius 1 is 1.11 bits per heavy atom. The lowest BCUT2D eigenvalue weighted by atomic mass is 10.0. The molecule has 0 saturated carbocycles. The first-order valence-electron chi connectivity index (χ1n) is 8.26. The summed E-state index contributed by atoms with van der Waals surface area (Å²) < 4.78 is 3.05. The fourth-order valence-corrected chi connectivity index (χ4v) is 3.33. The Hall–Kier alpha value is -3.43. The summed E-state index contributed by atoms with van der Waals surface area (Å²) in [6.45, 7) is 0. The van der Waals surface area contributed by atoms with Crippen LogP contribution in [0.3, 0.4) is 0 Å². The second-order valence-corrected chi connectivity index (χ2v) is 6.42. The van der Waals surface area contributed by atoms with E-state index >= 15 is 0 Å². The van der Waals surface area contributed by atoms with Gasteiger partial charge in [0.2, 0.25) is 0 Å². The van der Waals surface area contributed by atoms with E-state index in [1.807, 2.05) is 54.1 Å². The number of rotatable bonds is 3. The van der Waals surface area contributed by atoms with Crippen molar-refractivity contribution in [2.24, 2.45) is 7.05 Å². The zero-order valence-corrected chi connectivity index (χ0v) is 15.1. The van der Waals surface area contributed by atoms with Crippen LogP contribution in [0.5, 0.6) is 0 Å². The molecular formula is C20H14ClN5O. The van der Waals surface area contributed by atoms with Crippen molar-refractivity contribution in [2.75, 3.05) is 0 Å². The molecule has 4 aromatic rings. The van der Waals surface area contributed by atoms with Gasteiger partial charge in [0.25, 0.3) is 5.56 Å². The van der Waals surface area contributed by atoms with E-state index in [-0.39, 0.29) is 5.02 Å². The Morgan fingerprint density at radius 2 is 1.81 bits per heavy atom. The van der Waals surface area contributed by atoms with Crippen molar-refractivity contribution in [3.63, 3.8) is 0 Å². The largest absolute Gasteiger partial charge is 0.330 e. The molecule has 6 nitrogen and oxygen atoms in total. The van der Waals surface area contributed by atoms with Crippen LogP contribution in [0.4, 0.5) is 0 Å². The van der Waals surface area contributed by atoms with Gasteiger partial charge in [-0.2, -0.15) is 15.0 Å². The first-order chi connectivity index (χ1) is 13.1. The van der Waals surface area contributed by atoms with Gasteiger partial charge in [-0.15, -0.1) is 0 Å². The van der Waals surface area contributed by atoms with Crippen LogP contribution in [-0.2, 0) is 7.05 Å². The first kappa shape index (κ1) is 17.0. The molecule has 0 aliphatic rings. The van der Waals surface area contributed by atoms with Gasteiger partial charge in [0.15, 0.2) is 0 Å². The molecule has 2 aromatic heterocycles. The first-order valence-corrected chi connectivity index (χ1v) is 8.63. The predicted molar refractivity (Wildman–Crippen MR) is 103 cm³/mol. The van der Waals surface area contributed by atoms with Gasteiger partial charge in [-0.05, 0) is 24.3 Å². The van der Waals surface area contributed by atoms with Crippen LogP contribution in [0.1, 0.15) is 17.3 Å². The molecule has 0 spiro atoms. The topological polar surface area (TPSA) is 76.5 Å². The average Bonchev–Trinajstić information content (AvgIpc) is 3.03. The van der Waals surface area contributed by atoms with Gasteiger partial charge >= 0.3 is 0 Å². The van der Waals surface area contributed by atoms with Gasteiger partial charge in [0, 0.05) is 12.6 Å². The van der Waals surface area contributed by atoms with Crippen molar-refractivity contribution in [1.82, 2.24) is 19.3 Å². The highest BCUT2D eigenvalue weighted by atomic mass is 35.5. The van der Waals surface area contributed by atoms with Crippen molar-refractivity contribution >= 4 is 22.6 Å². The van der Waals surface area contributed by atoms with Crippen LogP contribution >= 0.6 is 11.6 Å². The maximum absolute atomic E-state index is 12.7. The fraction of sp³-hybridized carbons (Fsp3) is 0.100. The van der Waals surface area contributed by atoms with E-state index in [4.69, 9.17) is 11.6 Å². The number of imidazole rings is 1. The Morgan fingerprint density at radius 3 is 2.52 bits per heavy atom. The summed E-state index contributed by atoms with van der Waals surface area (Å²) in [5.74, 6) is -0.292. The quantitative estimate of drug-likeness (QED) is 0.549. The summed E-state index contributed by atoms with van der Waals surface area (Å²) in [6, 6.07) is 18.8. The molecule has 0 aliphatic carbocycles. The van der Waals surface area contributed by atoms with E-state index in [1.54, 1.807) is 12.1 Å². The highest BCUT2D eigenvalue weighted by Gasteiger charge is 2.25. The van der Waals surface area contributed by atoms with Gasteiger partial charge < -0.3 is 4.57 Å². The van der Waals surface area contributed by atoms with E-state index < -0.39 is 11.5 Å². The lowest BCUT2D eigenvalue weighted by Gasteiger charge is -2.12. The number of fused-ring (bicyclic) bond motifs is 1. The zero-order valence-electron chi connectivity index (χ0n) is 14.4. The smallest absolute Gasteiger partial charge is 0.290 e. The Bertz CT molecular complexity index is 1240. The Balaban J connectivity index is 1.86. The molecule has 0 bridgehead atoms. The van der Waals surface area contributed by atoms with Gasteiger partial charge in [-0.25, -0.2) is 4.98 Å². The minimum absolute atomic E-state index is 0.0348. The summed E-state index contributed by atoms with van der Waals surface area (Å²) in [5.41, 5.74) is 2.15. The zero-order chi connectivity index (χ0) is 19.0. The van der Waals surface area contributed by atoms with Crippen LogP contribution in [0, 0.1) is 11.3 Å². The number of hydrogen-bond donors (Lipinski definition) is 0. The minimum atomic E-state index is -0.805. The third kappa shape index (κ3) is 2.78. The van der Waals surface area contributed by atoms with E-state index in [9.17, 15) is 10.1 Å². The molecule has 7 heteroatoms. The predicted octanol–water partition coefficient (Wildman–Crippen LogP) is 3.43. The molecule has 0 N–H and O–H groups in total. The average molecular weight is 376 g/mol. The molecule has 0 fully saturated rings. The summed E-state index contributed by atoms with van der Waals surface area (Å²) in [5, 5.41) is 14.0. The van der Waals surface area contributed by atoms with E-state index in [1.165, 1.54) is 10.9 Å². The SMILES string of the molecule is Cn1c(C(C#N)c2cnn(-c3ccccc3)c(=O)c2Cl)nc2ccccc21. The summed E-state index contributed by atoms with van der Waals surface area (Å²) in [6.07, 6.45) is 1.46. The van der Waals surface area contributed by atoms with Crippen LogP contribution in [0.2, 0.25) is 5.02 Å². The van der Waals surface area contributed by atoms with E-state index in [0.717, 1.165) is 11.0 Å². The molecule has 27 heavy (non-hydrogen) atoms. The standard InChI is InChI=1S/C20H14ClN5O/c1-25-17-10-6-5-9-16(17)24-19(25)14(11-22)15-12-23-26(20(27)18(15)21)13-7-3-2-4-8-13/h2-10,12,14H,1H3. The van der Waals surface area contributed by atoms with Crippen molar-refractivity contribution in [3.8, 4) is 11.8 Å². The van der Waals surface area contributed by atoms with E-state index in [2.05, 4.69) is 16.2 Å². The van der Waals surface area contributed by atoms with Gasteiger partial charge in [0.1, 0.15) is 16.8 Å². The molecule has 0 amide bonds. The number of nitrogens with zero attached hydrogens (tertiary/aromatic N) is 5. The van der Waals surface area contributed by atoms with Crippen molar-refractivity contribution < 1.29 is 0 Å². The minimum Gasteiger partial charge on any atom is -0.330 e. The highest BCUT2D eigenvalue weighted by Crippen LogP contribution is 2.29. The monoisotopic (exact) mass is 375 g/mol. The summed E-state index contributed by atoms with van der Waals surface area (Å²) in [7, 11) is 1.83. The molecule has 1 unspecified atom stereocenters. The molecule has 0 saturated heterocycles. The number of para-hydroxylation sites is 3. The number of hydrogen-bond acceptors (Lipinski definition) is 4. The van der Waals surface area contributed by atoms with Crippen LogP contribution < -0.4 is 5.56 Å². The molecular weight excluding hydrogens is 362 g/mol. The van der Waals surface area contributed by atoms with Gasteiger partial charge in [-0.1, -0.05) is 41.9 Å². The van der Waals surface area contributed by atoms with Crippen molar-refractivity contribution in [2.45, 2.75) is 5.92 Å². The normalized spacial score (nSPS) is 12.0. The molecule has 2 aromatic carbocycles. The summed E-state index contributed by atoms with van der Waals surface area (Å²) in [4.78, 5) is 17.3. The van der Waals surface area contributed by atoms with Crippen LogP contribution in [0.25, 0.3) is 16.7 Å². The second kappa shape index (κ2) is 6.71. The number of nitriles is 1. The van der Waals surface area contributed by atoms with Gasteiger partial charge in [-0.3, -0.25) is 4.79 Å². The molecule has 132 valence electrons. The third-order valence-corrected chi connectivity index (χ3v) is 4.85. The maximum atomic E-state index is 12.7. The number of aryl methyl sites for hydroxylation is 1. The molecule has 0 radical (unpaired) electrons. The van der Waals surface area contributed by atoms with Crippen LogP contribution in [-0.4, -0.2) is 19.3 Å². The summed E-state index contributed by atoms with van der Waals surface area (Å²) >= 11 is 6.36. The van der Waals surface area contributed by atoms with E-state index in [0.29, 0.717) is 17.1 Å². The molecule has 2 heterocycles. The Kier molecular flexibility index (Phi) is 4.22. The van der Waals surface area contributed by atoms with Crippen molar-refractivity contribution in [3.05, 3.63) is 87.6 Å². The van der Waals surface area contributed by atoms with Gasteiger partial charge in [0.05, 0.1) is 29.0 Å². The second-order valence-electron chi connectivity index (χ2n) is 6.05. The number of benzene rings is 2. The van der Waals surface area contributed by atoms with Crippen LogP contribution in [0.15, 0.2) is 65.6 Å².